The number of hydrazine groups is 1. The van der Waals surface area contributed by atoms with Crippen LogP contribution in [0.25, 0.3) is 0 Å². The Hall–Kier alpha value is -2.11. The monoisotopic (exact) mass is 283 g/mol. The highest BCUT2D eigenvalue weighted by atomic mass is 15.3. The number of pyridine rings is 1. The molecule has 2 aromatic rings. The van der Waals surface area contributed by atoms with E-state index in [1.807, 2.05) is 6.07 Å². The van der Waals surface area contributed by atoms with Gasteiger partial charge in [-0.15, -0.1) is 0 Å². The predicted molar refractivity (Wildman–Crippen MR) is 86.0 cm³/mol. The molecular formula is C16H21N5. The molecule has 5 nitrogen and oxygen atoms in total. The Balaban J connectivity index is 1.59. The van der Waals surface area contributed by atoms with Gasteiger partial charge in [0.15, 0.2) is 0 Å². The number of hydrogen-bond donors (Lipinski definition) is 2. The number of nitrogens with zero attached hydrogens (tertiary/aromatic N) is 3. The molecule has 1 fully saturated rings. The maximum Gasteiger partial charge on any atom is 0.144 e. The van der Waals surface area contributed by atoms with Crippen LogP contribution in [0.15, 0.2) is 48.7 Å². The van der Waals surface area contributed by atoms with Gasteiger partial charge in [-0.2, -0.15) is 0 Å². The summed E-state index contributed by atoms with van der Waals surface area (Å²) < 4.78 is 0. The summed E-state index contributed by atoms with van der Waals surface area (Å²) in [6.07, 6.45) is 1.76. The van der Waals surface area contributed by atoms with Gasteiger partial charge in [-0.25, -0.2) is 10.8 Å². The Labute approximate surface area is 125 Å². The molecule has 0 saturated carbocycles. The third-order valence-corrected chi connectivity index (χ3v) is 3.92. The number of hydrogen-bond acceptors (Lipinski definition) is 5. The zero-order valence-electron chi connectivity index (χ0n) is 12.1. The van der Waals surface area contributed by atoms with E-state index in [2.05, 4.69) is 56.6 Å². The standard InChI is InChI=1S/C16H21N5/c17-19-16-14(5-4-8-18-16)13-20-9-11-21(12-10-20)15-6-2-1-3-7-15/h1-8H,9-13,17H2,(H,18,19). The molecular weight excluding hydrogens is 262 g/mol. The number of anilines is 2. The van der Waals surface area contributed by atoms with Crippen LogP contribution in [0.4, 0.5) is 11.5 Å². The maximum atomic E-state index is 5.51. The van der Waals surface area contributed by atoms with Gasteiger partial charge in [0.1, 0.15) is 5.82 Å². The smallest absolute Gasteiger partial charge is 0.144 e. The Morgan fingerprint density at radius 2 is 1.76 bits per heavy atom. The number of nitrogens with two attached hydrogens (primary N) is 1. The van der Waals surface area contributed by atoms with Crippen molar-refractivity contribution in [3.05, 3.63) is 54.2 Å². The molecule has 2 heterocycles. The van der Waals surface area contributed by atoms with Gasteiger partial charge in [-0.05, 0) is 18.2 Å². The van der Waals surface area contributed by atoms with Crippen molar-refractivity contribution in [3.63, 3.8) is 0 Å². The van der Waals surface area contributed by atoms with E-state index in [1.54, 1.807) is 6.20 Å². The minimum atomic E-state index is 0.767. The summed E-state index contributed by atoms with van der Waals surface area (Å²) in [5, 5.41) is 0. The first-order valence-corrected chi connectivity index (χ1v) is 7.29. The fourth-order valence-electron chi connectivity index (χ4n) is 2.74. The molecule has 110 valence electrons. The third kappa shape index (κ3) is 3.32. The van der Waals surface area contributed by atoms with Gasteiger partial charge in [-0.3, -0.25) is 4.90 Å². The highest BCUT2D eigenvalue weighted by Crippen LogP contribution is 2.18. The van der Waals surface area contributed by atoms with Crippen LogP contribution < -0.4 is 16.2 Å². The Morgan fingerprint density at radius 1 is 1.00 bits per heavy atom. The first kappa shape index (κ1) is 13.9. The van der Waals surface area contributed by atoms with Crippen molar-refractivity contribution in [2.75, 3.05) is 36.5 Å². The lowest BCUT2D eigenvalue weighted by Crippen LogP contribution is -2.46. The van der Waals surface area contributed by atoms with Crippen molar-refractivity contribution in [1.29, 1.82) is 0 Å². The van der Waals surface area contributed by atoms with Crippen LogP contribution in [-0.4, -0.2) is 36.1 Å². The minimum absolute atomic E-state index is 0.767. The predicted octanol–water partition coefficient (Wildman–Crippen LogP) is 1.69. The van der Waals surface area contributed by atoms with E-state index in [4.69, 9.17) is 5.84 Å². The lowest BCUT2D eigenvalue weighted by Gasteiger charge is -2.36. The third-order valence-electron chi connectivity index (χ3n) is 3.92. The second kappa shape index (κ2) is 6.56. The summed E-state index contributed by atoms with van der Waals surface area (Å²) in [6.45, 7) is 5.09. The van der Waals surface area contributed by atoms with E-state index in [9.17, 15) is 0 Å². The molecule has 1 aliphatic heterocycles. The molecule has 0 atom stereocenters. The molecule has 0 spiro atoms. The summed E-state index contributed by atoms with van der Waals surface area (Å²) in [5.74, 6) is 6.28. The SMILES string of the molecule is NNc1ncccc1CN1CCN(c2ccccc2)CC1. The lowest BCUT2D eigenvalue weighted by molar-refractivity contribution is 0.250. The number of piperazine rings is 1. The van der Waals surface area contributed by atoms with E-state index < -0.39 is 0 Å². The van der Waals surface area contributed by atoms with Gasteiger partial charge in [0.2, 0.25) is 0 Å². The van der Waals surface area contributed by atoms with Crippen LogP contribution in [0.1, 0.15) is 5.56 Å². The van der Waals surface area contributed by atoms with Gasteiger partial charge in [0, 0.05) is 50.2 Å². The number of nitrogen functional groups attached to an aromatic ring is 1. The molecule has 3 rings (SSSR count). The Bertz CT molecular complexity index is 564. The number of para-hydroxylation sites is 1. The molecule has 0 amide bonds. The molecule has 0 radical (unpaired) electrons. The van der Waals surface area contributed by atoms with Crippen molar-refractivity contribution >= 4 is 11.5 Å². The largest absolute Gasteiger partial charge is 0.369 e. The molecule has 5 heteroatoms. The summed E-state index contributed by atoms with van der Waals surface area (Å²) in [6, 6.07) is 14.6. The van der Waals surface area contributed by atoms with E-state index in [1.165, 1.54) is 5.69 Å². The van der Waals surface area contributed by atoms with Gasteiger partial charge >= 0.3 is 0 Å². The average Bonchev–Trinajstić information content (AvgIpc) is 2.57. The van der Waals surface area contributed by atoms with Gasteiger partial charge in [-0.1, -0.05) is 24.3 Å². The molecule has 0 aliphatic carbocycles. The summed E-state index contributed by atoms with van der Waals surface area (Å²) in [7, 11) is 0. The minimum Gasteiger partial charge on any atom is -0.369 e. The summed E-state index contributed by atoms with van der Waals surface area (Å²) >= 11 is 0. The molecule has 1 aromatic heterocycles. The zero-order valence-corrected chi connectivity index (χ0v) is 12.1. The first-order valence-electron chi connectivity index (χ1n) is 7.29. The number of nitrogens with one attached hydrogen (secondary N) is 1. The molecule has 0 unspecified atom stereocenters. The van der Waals surface area contributed by atoms with Crippen molar-refractivity contribution in [3.8, 4) is 0 Å². The van der Waals surface area contributed by atoms with E-state index in [0.29, 0.717) is 0 Å². The van der Waals surface area contributed by atoms with Crippen LogP contribution in [0.5, 0.6) is 0 Å². The highest BCUT2D eigenvalue weighted by Gasteiger charge is 2.18. The van der Waals surface area contributed by atoms with Gasteiger partial charge < -0.3 is 10.3 Å². The Kier molecular flexibility index (Phi) is 4.33. The number of rotatable bonds is 4. The quantitative estimate of drug-likeness (QED) is 0.660. The molecule has 0 bridgehead atoms. The molecule has 1 aliphatic rings. The first-order chi connectivity index (χ1) is 10.4. The van der Waals surface area contributed by atoms with Crippen LogP contribution in [0.2, 0.25) is 0 Å². The average molecular weight is 283 g/mol. The van der Waals surface area contributed by atoms with Crippen molar-refractivity contribution < 1.29 is 0 Å². The number of benzene rings is 1. The fraction of sp³-hybridized carbons (Fsp3) is 0.312. The molecule has 3 N–H and O–H groups in total. The summed E-state index contributed by atoms with van der Waals surface area (Å²) in [5.41, 5.74) is 5.13. The fourth-order valence-corrected chi connectivity index (χ4v) is 2.74. The second-order valence-corrected chi connectivity index (χ2v) is 5.25. The van der Waals surface area contributed by atoms with Gasteiger partial charge in [0.25, 0.3) is 0 Å². The number of aromatic nitrogens is 1. The van der Waals surface area contributed by atoms with Gasteiger partial charge in [0.05, 0.1) is 0 Å². The molecule has 21 heavy (non-hydrogen) atoms. The zero-order chi connectivity index (χ0) is 14.5. The molecule has 1 aromatic carbocycles. The normalized spacial score (nSPS) is 16.0. The molecule has 1 saturated heterocycles. The van der Waals surface area contributed by atoms with E-state index in [-0.39, 0.29) is 0 Å². The second-order valence-electron chi connectivity index (χ2n) is 5.25. The van der Waals surface area contributed by atoms with Crippen molar-refractivity contribution in [2.45, 2.75) is 6.54 Å². The van der Waals surface area contributed by atoms with Crippen molar-refractivity contribution in [1.82, 2.24) is 9.88 Å². The topological polar surface area (TPSA) is 57.4 Å². The van der Waals surface area contributed by atoms with Crippen molar-refractivity contribution in [2.24, 2.45) is 5.84 Å². The Morgan fingerprint density at radius 3 is 2.48 bits per heavy atom. The highest BCUT2D eigenvalue weighted by molar-refractivity contribution is 5.46. The van der Waals surface area contributed by atoms with E-state index in [0.717, 1.165) is 44.1 Å². The lowest BCUT2D eigenvalue weighted by atomic mass is 10.2. The van der Waals surface area contributed by atoms with E-state index >= 15 is 0 Å². The van der Waals surface area contributed by atoms with Crippen LogP contribution in [0, 0.1) is 0 Å². The maximum absolute atomic E-state index is 5.51. The van der Waals surface area contributed by atoms with Crippen LogP contribution >= 0.6 is 0 Å². The van der Waals surface area contributed by atoms with Crippen LogP contribution in [-0.2, 0) is 6.54 Å². The summed E-state index contributed by atoms with van der Waals surface area (Å²) in [4.78, 5) is 9.13. The van der Waals surface area contributed by atoms with Crippen LogP contribution in [0.3, 0.4) is 0 Å².